The number of rotatable bonds is 0. The Morgan fingerprint density at radius 3 is 2.33 bits per heavy atom. The topological polar surface area (TPSA) is 26.3 Å². The SMILES string of the molecule is O=C1O[C@@H]2CC3C[C@H](C2)C[C@@H]1C3. The number of carbonyl (C=O) groups is 1. The van der Waals surface area contributed by atoms with E-state index in [2.05, 4.69) is 0 Å². The van der Waals surface area contributed by atoms with Crippen molar-refractivity contribution in [2.75, 3.05) is 0 Å². The molecule has 0 spiro atoms. The molecule has 12 heavy (non-hydrogen) atoms. The van der Waals surface area contributed by atoms with Crippen LogP contribution in [0, 0.1) is 17.8 Å². The van der Waals surface area contributed by atoms with Crippen molar-refractivity contribution in [3.63, 3.8) is 0 Å². The summed E-state index contributed by atoms with van der Waals surface area (Å²) in [6.45, 7) is 0. The second-order valence-electron chi connectivity index (χ2n) is 4.67. The predicted molar refractivity (Wildman–Crippen MR) is 43.4 cm³/mol. The minimum absolute atomic E-state index is 0.102. The molecule has 4 bridgehead atoms. The molecule has 0 aromatic carbocycles. The van der Waals surface area contributed by atoms with E-state index in [0.29, 0.717) is 0 Å². The molecule has 66 valence electrons. The molecule has 0 aromatic rings. The van der Waals surface area contributed by atoms with E-state index in [1.807, 2.05) is 0 Å². The smallest absolute Gasteiger partial charge is 0.309 e. The van der Waals surface area contributed by atoms with E-state index >= 15 is 0 Å². The van der Waals surface area contributed by atoms with Gasteiger partial charge in [-0.2, -0.15) is 0 Å². The predicted octanol–water partition coefficient (Wildman–Crippen LogP) is 1.74. The lowest BCUT2D eigenvalue weighted by Crippen LogP contribution is -2.29. The molecule has 1 unspecified atom stereocenters. The zero-order valence-electron chi connectivity index (χ0n) is 7.16. The fraction of sp³-hybridized carbons (Fsp3) is 0.900. The first kappa shape index (κ1) is 6.93. The normalized spacial score (nSPS) is 50.5. The van der Waals surface area contributed by atoms with Gasteiger partial charge in [-0.1, -0.05) is 0 Å². The van der Waals surface area contributed by atoms with Crippen LogP contribution >= 0.6 is 0 Å². The molecular formula is C10H14O2. The summed E-state index contributed by atoms with van der Waals surface area (Å²) in [6.07, 6.45) is 6.19. The van der Waals surface area contributed by atoms with E-state index in [1.165, 1.54) is 6.42 Å². The van der Waals surface area contributed by atoms with Crippen LogP contribution < -0.4 is 0 Å². The standard InChI is InChI=1S/C10H14O2/c11-10-8-2-6-1-7(3-8)5-9(4-6)12-10/h6-9H,1-5H2/t6-,7?,8+,9-/m0/s1. The van der Waals surface area contributed by atoms with E-state index in [0.717, 1.165) is 37.5 Å². The van der Waals surface area contributed by atoms with Gasteiger partial charge in [-0.3, -0.25) is 4.79 Å². The summed E-state index contributed by atoms with van der Waals surface area (Å²) in [4.78, 5) is 11.4. The quantitative estimate of drug-likeness (QED) is 0.512. The summed E-state index contributed by atoms with van der Waals surface area (Å²) in [7, 11) is 0. The summed E-state index contributed by atoms with van der Waals surface area (Å²) in [5, 5.41) is 0. The largest absolute Gasteiger partial charge is 0.462 e. The number of ether oxygens (including phenoxy) is 1. The van der Waals surface area contributed by atoms with Crippen LogP contribution in [0.25, 0.3) is 0 Å². The molecule has 0 amide bonds. The molecule has 2 aliphatic carbocycles. The number of hydrogen-bond donors (Lipinski definition) is 0. The Morgan fingerprint density at radius 1 is 1.00 bits per heavy atom. The summed E-state index contributed by atoms with van der Waals surface area (Å²) >= 11 is 0. The zero-order chi connectivity index (χ0) is 8.13. The molecule has 2 aliphatic heterocycles. The van der Waals surface area contributed by atoms with Crippen molar-refractivity contribution >= 4 is 5.97 Å². The van der Waals surface area contributed by atoms with E-state index in [1.54, 1.807) is 0 Å². The Bertz CT molecular complexity index is 210. The molecule has 2 saturated carbocycles. The van der Waals surface area contributed by atoms with Crippen LogP contribution in [0.5, 0.6) is 0 Å². The molecule has 2 heterocycles. The molecular weight excluding hydrogens is 152 g/mol. The fourth-order valence-corrected chi connectivity index (χ4v) is 3.34. The Kier molecular flexibility index (Phi) is 1.29. The highest BCUT2D eigenvalue weighted by molar-refractivity contribution is 5.73. The molecule has 2 saturated heterocycles. The van der Waals surface area contributed by atoms with Gasteiger partial charge in [0.25, 0.3) is 0 Å². The molecule has 4 aliphatic rings. The summed E-state index contributed by atoms with van der Waals surface area (Å²) in [5.74, 6) is 1.98. The lowest BCUT2D eigenvalue weighted by atomic mass is 9.68. The van der Waals surface area contributed by atoms with Gasteiger partial charge in [-0.25, -0.2) is 0 Å². The molecule has 2 nitrogen and oxygen atoms in total. The molecule has 0 N–H and O–H groups in total. The number of fused-ring (bicyclic) bond motifs is 1. The maximum atomic E-state index is 11.4. The van der Waals surface area contributed by atoms with Gasteiger partial charge in [0, 0.05) is 0 Å². The van der Waals surface area contributed by atoms with Gasteiger partial charge < -0.3 is 4.74 Å². The van der Waals surface area contributed by atoms with E-state index in [9.17, 15) is 4.79 Å². The number of hydrogen-bond acceptors (Lipinski definition) is 2. The highest BCUT2D eigenvalue weighted by Gasteiger charge is 2.44. The Balaban J connectivity index is 1.95. The van der Waals surface area contributed by atoms with Gasteiger partial charge in [0.15, 0.2) is 0 Å². The van der Waals surface area contributed by atoms with Gasteiger partial charge in [-0.15, -0.1) is 0 Å². The number of esters is 1. The first-order chi connectivity index (χ1) is 5.81. The number of carbonyl (C=O) groups excluding carboxylic acids is 1. The Hall–Kier alpha value is -0.530. The highest BCUT2D eigenvalue weighted by atomic mass is 16.5. The van der Waals surface area contributed by atoms with Gasteiger partial charge in [0.05, 0.1) is 5.92 Å². The average Bonchev–Trinajstić information content (AvgIpc) is 2.16. The van der Waals surface area contributed by atoms with E-state index in [-0.39, 0.29) is 18.0 Å². The van der Waals surface area contributed by atoms with Crippen LogP contribution in [0.3, 0.4) is 0 Å². The Morgan fingerprint density at radius 2 is 1.67 bits per heavy atom. The summed E-state index contributed by atoms with van der Waals surface area (Å²) in [6, 6.07) is 0. The minimum Gasteiger partial charge on any atom is -0.462 e. The van der Waals surface area contributed by atoms with Crippen LogP contribution in [-0.2, 0) is 9.53 Å². The van der Waals surface area contributed by atoms with Gasteiger partial charge in [-0.05, 0) is 43.9 Å². The average molecular weight is 166 g/mol. The molecule has 2 heteroatoms. The molecule has 4 atom stereocenters. The first-order valence-corrected chi connectivity index (χ1v) is 5.02. The first-order valence-electron chi connectivity index (χ1n) is 5.02. The van der Waals surface area contributed by atoms with Crippen LogP contribution in [0.2, 0.25) is 0 Å². The zero-order valence-corrected chi connectivity index (χ0v) is 7.16. The fourth-order valence-electron chi connectivity index (χ4n) is 3.34. The maximum Gasteiger partial charge on any atom is 0.309 e. The van der Waals surface area contributed by atoms with Crippen LogP contribution in [0.4, 0.5) is 0 Å². The molecule has 4 fully saturated rings. The second kappa shape index (κ2) is 2.24. The van der Waals surface area contributed by atoms with E-state index < -0.39 is 0 Å². The van der Waals surface area contributed by atoms with Crippen molar-refractivity contribution in [1.29, 1.82) is 0 Å². The Labute approximate surface area is 72.3 Å². The van der Waals surface area contributed by atoms with Crippen molar-refractivity contribution in [1.82, 2.24) is 0 Å². The lowest BCUT2D eigenvalue weighted by molar-refractivity contribution is -0.151. The van der Waals surface area contributed by atoms with Crippen molar-refractivity contribution in [2.45, 2.75) is 38.2 Å². The third-order valence-electron chi connectivity index (χ3n) is 3.71. The van der Waals surface area contributed by atoms with Crippen LogP contribution in [-0.4, -0.2) is 12.1 Å². The van der Waals surface area contributed by atoms with Gasteiger partial charge >= 0.3 is 5.97 Å². The second-order valence-corrected chi connectivity index (χ2v) is 4.67. The monoisotopic (exact) mass is 166 g/mol. The highest BCUT2D eigenvalue weighted by Crippen LogP contribution is 2.46. The van der Waals surface area contributed by atoms with E-state index in [4.69, 9.17) is 4.74 Å². The van der Waals surface area contributed by atoms with Crippen LogP contribution in [0.15, 0.2) is 0 Å². The molecule has 0 radical (unpaired) electrons. The van der Waals surface area contributed by atoms with Crippen molar-refractivity contribution in [3.8, 4) is 0 Å². The van der Waals surface area contributed by atoms with Crippen molar-refractivity contribution in [2.24, 2.45) is 17.8 Å². The summed E-state index contributed by atoms with van der Waals surface area (Å²) < 4.78 is 5.40. The third-order valence-corrected chi connectivity index (χ3v) is 3.71. The minimum atomic E-state index is 0.102. The maximum absolute atomic E-state index is 11.4. The third kappa shape index (κ3) is 0.900. The molecule has 4 rings (SSSR count). The van der Waals surface area contributed by atoms with Gasteiger partial charge in [0.2, 0.25) is 0 Å². The van der Waals surface area contributed by atoms with Gasteiger partial charge in [0.1, 0.15) is 6.10 Å². The van der Waals surface area contributed by atoms with Crippen molar-refractivity contribution < 1.29 is 9.53 Å². The molecule has 0 aromatic heterocycles. The van der Waals surface area contributed by atoms with Crippen LogP contribution in [0.1, 0.15) is 32.1 Å². The summed E-state index contributed by atoms with van der Waals surface area (Å²) in [5.41, 5.74) is 0. The lowest BCUT2D eigenvalue weighted by Gasteiger charge is -2.35. The van der Waals surface area contributed by atoms with Crippen molar-refractivity contribution in [3.05, 3.63) is 0 Å².